The molecule has 0 radical (unpaired) electrons. The zero-order valence-electron chi connectivity index (χ0n) is 6.82. The summed E-state index contributed by atoms with van der Waals surface area (Å²) in [7, 11) is 1.75. The van der Waals surface area contributed by atoms with E-state index in [0.29, 0.717) is 5.92 Å². The molecule has 2 rings (SSSR count). The van der Waals surface area contributed by atoms with Gasteiger partial charge < -0.3 is 9.67 Å². The minimum atomic E-state index is -0.954. The van der Waals surface area contributed by atoms with Gasteiger partial charge in [-0.25, -0.2) is 9.78 Å². The van der Waals surface area contributed by atoms with Gasteiger partial charge in [0.15, 0.2) is 0 Å². The third kappa shape index (κ3) is 0.995. The van der Waals surface area contributed by atoms with Crippen molar-refractivity contribution in [3.8, 4) is 0 Å². The van der Waals surface area contributed by atoms with Crippen LogP contribution in [-0.4, -0.2) is 20.6 Å². The van der Waals surface area contributed by atoms with Crippen LogP contribution in [-0.2, 0) is 7.05 Å². The van der Waals surface area contributed by atoms with E-state index < -0.39 is 5.97 Å². The molecule has 0 aromatic carbocycles. The third-order valence-electron chi connectivity index (χ3n) is 2.21. The predicted octanol–water partition coefficient (Wildman–Crippen LogP) is 0.996. The Hall–Kier alpha value is -1.32. The van der Waals surface area contributed by atoms with Crippen LogP contribution in [0, 0.1) is 0 Å². The molecule has 0 unspecified atom stereocenters. The minimum Gasteiger partial charge on any atom is -0.475 e. The molecule has 1 saturated carbocycles. The average molecular weight is 166 g/mol. The highest BCUT2D eigenvalue weighted by Crippen LogP contribution is 2.39. The van der Waals surface area contributed by atoms with Crippen molar-refractivity contribution in [3.05, 3.63) is 17.7 Å². The number of carboxylic acids is 1. The fourth-order valence-electron chi connectivity index (χ4n) is 1.38. The van der Waals surface area contributed by atoms with Crippen LogP contribution < -0.4 is 0 Å². The maximum atomic E-state index is 10.6. The highest BCUT2D eigenvalue weighted by molar-refractivity contribution is 5.83. The smallest absolute Gasteiger partial charge is 0.372 e. The molecule has 1 N–H and O–H groups in total. The van der Waals surface area contributed by atoms with Gasteiger partial charge in [0.2, 0.25) is 5.82 Å². The first-order chi connectivity index (χ1) is 5.70. The molecule has 64 valence electrons. The number of rotatable bonds is 2. The summed E-state index contributed by atoms with van der Waals surface area (Å²) in [6.07, 6.45) is 4.00. The van der Waals surface area contributed by atoms with Crippen molar-refractivity contribution in [3.63, 3.8) is 0 Å². The zero-order valence-corrected chi connectivity index (χ0v) is 6.82. The number of aromatic carboxylic acids is 1. The Morgan fingerprint density at radius 1 is 1.75 bits per heavy atom. The van der Waals surface area contributed by atoms with Crippen molar-refractivity contribution >= 4 is 5.97 Å². The van der Waals surface area contributed by atoms with Gasteiger partial charge in [0.05, 0.1) is 0 Å². The lowest BCUT2D eigenvalue weighted by molar-refractivity contribution is 0.0679. The van der Waals surface area contributed by atoms with E-state index >= 15 is 0 Å². The van der Waals surface area contributed by atoms with Gasteiger partial charge in [0.25, 0.3) is 0 Å². The molecule has 4 heteroatoms. The predicted molar refractivity (Wildman–Crippen MR) is 42.1 cm³/mol. The Bertz CT molecular complexity index is 326. The molecule has 1 heterocycles. The molecular formula is C8H10N2O2. The number of carbonyl (C=O) groups is 1. The summed E-state index contributed by atoms with van der Waals surface area (Å²) in [6.45, 7) is 0. The molecule has 1 aliphatic rings. The molecule has 0 spiro atoms. The van der Waals surface area contributed by atoms with Crippen LogP contribution in [0.15, 0.2) is 6.20 Å². The van der Waals surface area contributed by atoms with Gasteiger partial charge in [-0.1, -0.05) is 0 Å². The van der Waals surface area contributed by atoms with Gasteiger partial charge in [-0.15, -0.1) is 0 Å². The molecule has 1 aromatic rings. The second kappa shape index (κ2) is 2.33. The van der Waals surface area contributed by atoms with Crippen LogP contribution in [0.2, 0.25) is 0 Å². The molecular weight excluding hydrogens is 156 g/mol. The standard InChI is InChI=1S/C8H10N2O2/c1-10-6(5-2-3-5)4-9-7(10)8(11)12/h4-5H,2-3H2,1H3,(H,11,12). The topological polar surface area (TPSA) is 55.1 Å². The summed E-state index contributed by atoms with van der Waals surface area (Å²) in [5.74, 6) is -0.267. The van der Waals surface area contributed by atoms with E-state index in [0.717, 1.165) is 5.69 Å². The summed E-state index contributed by atoms with van der Waals surface area (Å²) in [4.78, 5) is 14.4. The van der Waals surface area contributed by atoms with Gasteiger partial charge in [0, 0.05) is 24.9 Å². The van der Waals surface area contributed by atoms with Crippen LogP contribution in [0.1, 0.15) is 35.1 Å². The second-order valence-corrected chi connectivity index (χ2v) is 3.15. The summed E-state index contributed by atoms with van der Waals surface area (Å²) in [6, 6.07) is 0. The molecule has 1 aromatic heterocycles. The highest BCUT2D eigenvalue weighted by atomic mass is 16.4. The molecule has 0 atom stereocenters. The lowest BCUT2D eigenvalue weighted by atomic mass is 10.3. The molecule has 0 amide bonds. The largest absolute Gasteiger partial charge is 0.475 e. The lowest BCUT2D eigenvalue weighted by Crippen LogP contribution is -2.07. The van der Waals surface area contributed by atoms with E-state index in [1.165, 1.54) is 12.8 Å². The van der Waals surface area contributed by atoms with Crippen molar-refractivity contribution in [1.29, 1.82) is 0 Å². The van der Waals surface area contributed by atoms with Crippen molar-refractivity contribution in [2.75, 3.05) is 0 Å². The lowest BCUT2D eigenvalue weighted by Gasteiger charge is -1.99. The van der Waals surface area contributed by atoms with E-state index in [1.54, 1.807) is 17.8 Å². The molecule has 1 aliphatic carbocycles. The van der Waals surface area contributed by atoms with Gasteiger partial charge in [0.1, 0.15) is 0 Å². The van der Waals surface area contributed by atoms with Crippen LogP contribution in [0.4, 0.5) is 0 Å². The van der Waals surface area contributed by atoms with Crippen LogP contribution in [0.5, 0.6) is 0 Å². The number of hydrogen-bond acceptors (Lipinski definition) is 2. The minimum absolute atomic E-state index is 0.136. The zero-order chi connectivity index (χ0) is 8.72. The summed E-state index contributed by atoms with van der Waals surface area (Å²) < 4.78 is 1.67. The molecule has 0 saturated heterocycles. The maximum absolute atomic E-state index is 10.6. The van der Waals surface area contributed by atoms with E-state index in [2.05, 4.69) is 4.98 Å². The van der Waals surface area contributed by atoms with E-state index in [9.17, 15) is 4.79 Å². The molecule has 12 heavy (non-hydrogen) atoms. The first-order valence-corrected chi connectivity index (χ1v) is 3.95. The summed E-state index contributed by atoms with van der Waals surface area (Å²) in [5, 5.41) is 8.70. The number of carboxylic acid groups (broad SMARTS) is 1. The number of hydrogen-bond donors (Lipinski definition) is 1. The molecule has 4 nitrogen and oxygen atoms in total. The molecule has 1 fully saturated rings. The Balaban J connectivity index is 2.39. The van der Waals surface area contributed by atoms with Gasteiger partial charge in [-0.05, 0) is 12.8 Å². The van der Waals surface area contributed by atoms with E-state index in [4.69, 9.17) is 5.11 Å². The van der Waals surface area contributed by atoms with Crippen LogP contribution in [0.25, 0.3) is 0 Å². The monoisotopic (exact) mass is 166 g/mol. The molecule has 0 bridgehead atoms. The Morgan fingerprint density at radius 3 is 2.83 bits per heavy atom. The van der Waals surface area contributed by atoms with Gasteiger partial charge in [-0.3, -0.25) is 0 Å². The summed E-state index contributed by atoms with van der Waals surface area (Å²) in [5.41, 5.74) is 1.05. The van der Waals surface area contributed by atoms with Gasteiger partial charge >= 0.3 is 5.97 Å². The van der Waals surface area contributed by atoms with E-state index in [-0.39, 0.29) is 5.82 Å². The fourth-order valence-corrected chi connectivity index (χ4v) is 1.38. The van der Waals surface area contributed by atoms with Crippen molar-refractivity contribution in [2.24, 2.45) is 7.05 Å². The van der Waals surface area contributed by atoms with Crippen molar-refractivity contribution in [1.82, 2.24) is 9.55 Å². The number of nitrogens with zero attached hydrogens (tertiary/aromatic N) is 2. The average Bonchev–Trinajstić information content (AvgIpc) is 2.75. The second-order valence-electron chi connectivity index (χ2n) is 3.15. The fraction of sp³-hybridized carbons (Fsp3) is 0.500. The Labute approximate surface area is 69.8 Å². The SMILES string of the molecule is Cn1c(C2CC2)cnc1C(=O)O. The quantitative estimate of drug-likeness (QED) is 0.712. The normalized spacial score (nSPS) is 16.4. The van der Waals surface area contributed by atoms with Crippen LogP contribution in [0.3, 0.4) is 0 Å². The first-order valence-electron chi connectivity index (χ1n) is 3.95. The Morgan fingerprint density at radius 2 is 2.42 bits per heavy atom. The van der Waals surface area contributed by atoms with Crippen LogP contribution >= 0.6 is 0 Å². The van der Waals surface area contributed by atoms with E-state index in [1.807, 2.05) is 0 Å². The number of imidazole rings is 1. The Kier molecular flexibility index (Phi) is 1.43. The number of aromatic nitrogens is 2. The highest BCUT2D eigenvalue weighted by Gasteiger charge is 2.28. The first kappa shape index (κ1) is 7.34. The molecule has 0 aliphatic heterocycles. The van der Waals surface area contributed by atoms with Gasteiger partial charge in [-0.2, -0.15) is 0 Å². The third-order valence-corrected chi connectivity index (χ3v) is 2.21. The van der Waals surface area contributed by atoms with Crippen molar-refractivity contribution in [2.45, 2.75) is 18.8 Å². The summed E-state index contributed by atoms with van der Waals surface area (Å²) >= 11 is 0. The maximum Gasteiger partial charge on any atom is 0.372 e. The van der Waals surface area contributed by atoms with Crippen molar-refractivity contribution < 1.29 is 9.90 Å².